The Hall–Kier alpha value is -2.32. The zero-order chi connectivity index (χ0) is 54.9. The zero-order valence-electron chi connectivity index (χ0n) is 49.7. The van der Waals surface area contributed by atoms with Crippen molar-refractivity contribution in [2.75, 3.05) is 40.9 Å². The van der Waals surface area contributed by atoms with Crippen LogP contribution in [0.15, 0.2) is 85.1 Å². The molecule has 1 amide bonds. The van der Waals surface area contributed by atoms with Crippen molar-refractivity contribution in [3.63, 3.8) is 0 Å². The average molecular weight is 1070 g/mol. The highest BCUT2D eigenvalue weighted by atomic mass is 31.2. The van der Waals surface area contributed by atoms with Gasteiger partial charge in [-0.05, 0) is 70.6 Å². The van der Waals surface area contributed by atoms with E-state index >= 15 is 0 Å². The number of phosphoric ester groups is 1. The van der Waals surface area contributed by atoms with E-state index in [9.17, 15) is 19.4 Å². The summed E-state index contributed by atoms with van der Waals surface area (Å²) < 4.78 is 23.4. The van der Waals surface area contributed by atoms with Crippen LogP contribution in [0.2, 0.25) is 0 Å². The molecule has 0 aromatic carbocycles. The summed E-state index contributed by atoms with van der Waals surface area (Å²) in [6.45, 7) is 4.52. The summed E-state index contributed by atoms with van der Waals surface area (Å²) in [5, 5.41) is 13.9. The number of rotatable bonds is 57. The second-order valence-electron chi connectivity index (χ2n) is 22.4. The maximum Gasteiger partial charge on any atom is 0.268 e. The van der Waals surface area contributed by atoms with Crippen molar-refractivity contribution in [3.05, 3.63) is 85.1 Å². The fourth-order valence-electron chi connectivity index (χ4n) is 8.98. The number of aliphatic hydroxyl groups excluding tert-OH is 1. The van der Waals surface area contributed by atoms with Crippen LogP contribution < -0.4 is 10.2 Å². The molecule has 0 saturated heterocycles. The van der Waals surface area contributed by atoms with E-state index in [1.807, 2.05) is 27.2 Å². The molecule has 0 fully saturated rings. The maximum absolute atomic E-state index is 13.0. The van der Waals surface area contributed by atoms with Crippen LogP contribution in [0.3, 0.4) is 0 Å². The van der Waals surface area contributed by atoms with Gasteiger partial charge in [-0.25, -0.2) is 0 Å². The molecule has 3 atom stereocenters. The Morgan fingerprint density at radius 2 is 0.813 bits per heavy atom. The minimum Gasteiger partial charge on any atom is -0.756 e. The Morgan fingerprint density at radius 1 is 0.480 bits per heavy atom. The molecule has 0 aliphatic rings. The normalized spacial score (nSPS) is 14.4. The Morgan fingerprint density at radius 3 is 1.19 bits per heavy atom. The first-order valence-electron chi connectivity index (χ1n) is 31.4. The van der Waals surface area contributed by atoms with E-state index in [2.05, 4.69) is 92.1 Å². The predicted octanol–water partition coefficient (Wildman–Crippen LogP) is 19.0. The van der Waals surface area contributed by atoms with Crippen LogP contribution in [0.4, 0.5) is 0 Å². The molecule has 0 aromatic heterocycles. The summed E-state index contributed by atoms with van der Waals surface area (Å²) in [6, 6.07) is -0.917. The first kappa shape index (κ1) is 72.7. The number of unbranched alkanes of at least 4 members (excludes halogenated alkanes) is 32. The standard InChI is InChI=1S/C66H121N2O6P/c1-6-8-10-12-14-16-18-20-22-24-26-28-29-30-31-32-33-34-35-36-37-38-40-41-43-45-47-49-51-53-55-57-59-65(69)64(63-74-75(71,72)73-62-61-68(3,4)5)67-66(70)60-58-56-54-52-50-48-46-44-42-39-27-25-23-21-19-17-15-13-11-9-7-2/h9,11,15,17,21,23,27,39,44,46,50,52,57,59,64-65,69H,6-8,10,12-14,16,18-20,22,24-26,28-38,40-43,45,47-49,51,53-56,58,60-63H2,1-5H3,(H-,67,70,71,72)/b11-9-,17-15-,23-21-,39-27-,46-44-,52-50-,59-57+. The Balaban J connectivity index is 4.17. The monoisotopic (exact) mass is 1070 g/mol. The number of carbonyl (C=O) groups excluding carboxylic acids is 1. The van der Waals surface area contributed by atoms with E-state index in [0.717, 1.165) is 70.6 Å². The number of nitrogens with zero attached hydrogens (tertiary/aromatic N) is 1. The van der Waals surface area contributed by atoms with Gasteiger partial charge < -0.3 is 28.8 Å². The number of hydrogen-bond acceptors (Lipinski definition) is 6. The molecule has 0 aliphatic carbocycles. The van der Waals surface area contributed by atoms with E-state index in [0.29, 0.717) is 17.4 Å². The van der Waals surface area contributed by atoms with Gasteiger partial charge in [0, 0.05) is 6.42 Å². The Labute approximate surface area is 465 Å². The fraction of sp³-hybridized carbons (Fsp3) is 0.773. The third-order valence-corrected chi connectivity index (χ3v) is 14.8. The van der Waals surface area contributed by atoms with Crippen molar-refractivity contribution in [1.29, 1.82) is 0 Å². The summed E-state index contributed by atoms with van der Waals surface area (Å²) in [5.74, 6) is -0.239. The number of likely N-dealkylation sites (N-methyl/N-ethyl adjacent to an activating group) is 1. The van der Waals surface area contributed by atoms with Crippen LogP contribution in [-0.4, -0.2) is 68.5 Å². The first-order chi connectivity index (χ1) is 36.5. The fourth-order valence-corrected chi connectivity index (χ4v) is 9.71. The molecule has 0 rings (SSSR count). The highest BCUT2D eigenvalue weighted by molar-refractivity contribution is 7.45. The lowest BCUT2D eigenvalue weighted by atomic mass is 10.0. The van der Waals surface area contributed by atoms with Crippen LogP contribution >= 0.6 is 7.82 Å². The number of amides is 1. The quantitative estimate of drug-likeness (QED) is 0.0272. The summed E-state index contributed by atoms with van der Waals surface area (Å²) in [6.07, 6.45) is 79.8. The Bertz CT molecular complexity index is 1500. The molecule has 0 bridgehead atoms. The number of aliphatic hydroxyl groups is 1. The van der Waals surface area contributed by atoms with Crippen molar-refractivity contribution in [2.45, 2.75) is 289 Å². The molecule has 0 heterocycles. The van der Waals surface area contributed by atoms with Gasteiger partial charge in [0.25, 0.3) is 7.82 Å². The third kappa shape index (κ3) is 59.2. The average Bonchev–Trinajstić information content (AvgIpc) is 3.37. The highest BCUT2D eigenvalue weighted by Gasteiger charge is 2.23. The minimum atomic E-state index is -4.62. The molecule has 75 heavy (non-hydrogen) atoms. The lowest BCUT2D eigenvalue weighted by Crippen LogP contribution is -2.45. The molecule has 8 nitrogen and oxygen atoms in total. The molecule has 9 heteroatoms. The van der Waals surface area contributed by atoms with Crippen LogP contribution in [0.1, 0.15) is 277 Å². The van der Waals surface area contributed by atoms with E-state index in [1.165, 1.54) is 180 Å². The van der Waals surface area contributed by atoms with Gasteiger partial charge in [0.1, 0.15) is 13.2 Å². The molecule has 0 aliphatic heterocycles. The third-order valence-electron chi connectivity index (χ3n) is 13.9. The lowest BCUT2D eigenvalue weighted by Gasteiger charge is -2.29. The molecular weight excluding hydrogens is 948 g/mol. The van der Waals surface area contributed by atoms with Gasteiger partial charge in [0.05, 0.1) is 39.9 Å². The van der Waals surface area contributed by atoms with Gasteiger partial charge in [-0.3, -0.25) is 9.36 Å². The smallest absolute Gasteiger partial charge is 0.268 e. The number of carbonyl (C=O) groups is 1. The molecule has 3 unspecified atom stereocenters. The molecule has 2 N–H and O–H groups in total. The van der Waals surface area contributed by atoms with Crippen LogP contribution in [0.5, 0.6) is 0 Å². The van der Waals surface area contributed by atoms with Crippen LogP contribution in [-0.2, 0) is 18.4 Å². The number of quaternary nitrogens is 1. The van der Waals surface area contributed by atoms with Gasteiger partial charge in [-0.1, -0.05) is 285 Å². The summed E-state index contributed by atoms with van der Waals surface area (Å²) in [4.78, 5) is 25.5. The molecule has 0 spiro atoms. The lowest BCUT2D eigenvalue weighted by molar-refractivity contribution is -0.870. The largest absolute Gasteiger partial charge is 0.756 e. The van der Waals surface area contributed by atoms with Crippen LogP contribution in [0.25, 0.3) is 0 Å². The predicted molar refractivity (Wildman–Crippen MR) is 325 cm³/mol. The SMILES string of the molecule is CC/C=C\C/C=C\C/C=C\C/C=C\C/C=C\C/C=C\CCCCC(=O)NC(COP(=O)([O-])OCC[N+](C)(C)C)C(O)/C=C/CCCCCCCCCCCCCCCCCCCCCCCCCCCCCCCC. The zero-order valence-corrected chi connectivity index (χ0v) is 50.6. The maximum atomic E-state index is 13.0. The van der Waals surface area contributed by atoms with Gasteiger partial charge in [0.15, 0.2) is 0 Å². The van der Waals surface area contributed by atoms with Crippen molar-refractivity contribution < 1.29 is 32.9 Å². The molecular formula is C66H121N2O6P. The van der Waals surface area contributed by atoms with Gasteiger partial charge in [0.2, 0.25) is 5.91 Å². The summed E-state index contributed by atoms with van der Waals surface area (Å²) in [5.41, 5.74) is 0. The number of allylic oxidation sites excluding steroid dienone is 13. The Kier molecular flexibility index (Phi) is 54.7. The molecule has 0 aromatic rings. The van der Waals surface area contributed by atoms with Gasteiger partial charge in [-0.15, -0.1) is 0 Å². The molecule has 0 radical (unpaired) electrons. The highest BCUT2D eigenvalue weighted by Crippen LogP contribution is 2.38. The molecule has 0 saturated carbocycles. The van der Waals surface area contributed by atoms with Crippen molar-refractivity contribution in [3.8, 4) is 0 Å². The van der Waals surface area contributed by atoms with E-state index in [4.69, 9.17) is 9.05 Å². The topological polar surface area (TPSA) is 108 Å². The van der Waals surface area contributed by atoms with Gasteiger partial charge >= 0.3 is 0 Å². The van der Waals surface area contributed by atoms with Crippen molar-refractivity contribution in [2.24, 2.45) is 0 Å². The second kappa shape index (κ2) is 56.4. The number of nitrogens with one attached hydrogen (secondary N) is 1. The first-order valence-corrected chi connectivity index (χ1v) is 32.9. The second-order valence-corrected chi connectivity index (χ2v) is 23.8. The minimum absolute atomic E-state index is 0.0137. The van der Waals surface area contributed by atoms with E-state index in [1.54, 1.807) is 6.08 Å². The van der Waals surface area contributed by atoms with E-state index in [-0.39, 0.29) is 18.9 Å². The van der Waals surface area contributed by atoms with Crippen LogP contribution in [0, 0.1) is 0 Å². The summed E-state index contributed by atoms with van der Waals surface area (Å²) in [7, 11) is 1.23. The number of hydrogen-bond donors (Lipinski definition) is 2. The van der Waals surface area contributed by atoms with Crippen molar-refractivity contribution in [1.82, 2.24) is 5.32 Å². The van der Waals surface area contributed by atoms with Gasteiger partial charge in [-0.2, -0.15) is 0 Å². The summed E-state index contributed by atoms with van der Waals surface area (Å²) >= 11 is 0. The van der Waals surface area contributed by atoms with Crippen molar-refractivity contribution >= 4 is 13.7 Å². The van der Waals surface area contributed by atoms with E-state index < -0.39 is 26.6 Å². The molecule has 436 valence electrons. The number of phosphoric acid groups is 1.